The molecule has 0 bridgehead atoms. The van der Waals surface area contributed by atoms with Crippen LogP contribution in [0.4, 0.5) is 0 Å². The number of ether oxygens (including phenoxy) is 2. The molecule has 0 aliphatic carbocycles. The standard InChI is InChI=1S/C10H24N2O3/c1-11-3-7-14-9-10-15-8-5-12(2)4-6-13/h11,13H,3-10H2,1-2H3. The Balaban J connectivity index is 2.98. The van der Waals surface area contributed by atoms with Crippen molar-refractivity contribution in [1.29, 1.82) is 0 Å². The topological polar surface area (TPSA) is 54.0 Å². The average Bonchev–Trinajstić information content (AvgIpc) is 2.22. The predicted molar refractivity (Wildman–Crippen MR) is 60.1 cm³/mol. The Morgan fingerprint density at radius 3 is 2.33 bits per heavy atom. The highest BCUT2D eigenvalue weighted by Gasteiger charge is 1.96. The molecule has 0 unspecified atom stereocenters. The van der Waals surface area contributed by atoms with Crippen molar-refractivity contribution in [3.05, 3.63) is 0 Å². The summed E-state index contributed by atoms with van der Waals surface area (Å²) in [5, 5.41) is 11.7. The van der Waals surface area contributed by atoms with Gasteiger partial charge in [-0.15, -0.1) is 0 Å². The number of likely N-dealkylation sites (N-methyl/N-ethyl adjacent to an activating group) is 2. The molecule has 0 spiro atoms. The van der Waals surface area contributed by atoms with Gasteiger partial charge in [-0.05, 0) is 14.1 Å². The highest BCUT2D eigenvalue weighted by atomic mass is 16.5. The van der Waals surface area contributed by atoms with Crippen LogP contribution in [0, 0.1) is 0 Å². The third-order valence-corrected chi connectivity index (χ3v) is 1.97. The van der Waals surface area contributed by atoms with E-state index in [4.69, 9.17) is 14.6 Å². The van der Waals surface area contributed by atoms with E-state index in [-0.39, 0.29) is 6.61 Å². The van der Waals surface area contributed by atoms with E-state index >= 15 is 0 Å². The molecule has 0 aromatic carbocycles. The Bertz CT molecular complexity index is 125. The number of aliphatic hydroxyl groups is 1. The zero-order chi connectivity index (χ0) is 11.4. The quantitative estimate of drug-likeness (QED) is 0.445. The minimum atomic E-state index is 0.198. The lowest BCUT2D eigenvalue weighted by Gasteiger charge is -2.14. The van der Waals surface area contributed by atoms with Gasteiger partial charge in [-0.1, -0.05) is 0 Å². The Labute approximate surface area is 92.4 Å². The van der Waals surface area contributed by atoms with Crippen molar-refractivity contribution in [2.75, 3.05) is 66.8 Å². The number of nitrogens with zero attached hydrogens (tertiary/aromatic N) is 1. The van der Waals surface area contributed by atoms with Crippen molar-refractivity contribution >= 4 is 0 Å². The van der Waals surface area contributed by atoms with Gasteiger partial charge in [0.25, 0.3) is 0 Å². The molecule has 0 amide bonds. The molecule has 0 heterocycles. The number of hydrogen-bond donors (Lipinski definition) is 2. The van der Waals surface area contributed by atoms with Gasteiger partial charge in [-0.3, -0.25) is 0 Å². The molecule has 15 heavy (non-hydrogen) atoms. The molecule has 2 N–H and O–H groups in total. The molecule has 92 valence electrons. The second kappa shape index (κ2) is 11.9. The second-order valence-corrected chi connectivity index (χ2v) is 3.36. The third-order valence-electron chi connectivity index (χ3n) is 1.97. The van der Waals surface area contributed by atoms with Gasteiger partial charge in [-0.25, -0.2) is 0 Å². The predicted octanol–water partition coefficient (Wildman–Crippen LogP) is -0.837. The highest BCUT2D eigenvalue weighted by Crippen LogP contribution is 1.83. The molecule has 0 aromatic rings. The molecule has 0 saturated heterocycles. The first kappa shape index (κ1) is 14.8. The number of rotatable bonds is 11. The molecule has 0 aliphatic heterocycles. The summed E-state index contributed by atoms with van der Waals surface area (Å²) in [7, 11) is 3.86. The van der Waals surface area contributed by atoms with Crippen LogP contribution in [-0.2, 0) is 9.47 Å². The minimum Gasteiger partial charge on any atom is -0.395 e. The summed E-state index contributed by atoms with van der Waals surface area (Å²) >= 11 is 0. The summed E-state index contributed by atoms with van der Waals surface area (Å²) in [5.74, 6) is 0. The monoisotopic (exact) mass is 220 g/mol. The Hall–Kier alpha value is -0.200. The molecule has 0 saturated carbocycles. The molecule has 5 heteroatoms. The zero-order valence-corrected chi connectivity index (χ0v) is 9.87. The lowest BCUT2D eigenvalue weighted by Crippen LogP contribution is -2.26. The van der Waals surface area contributed by atoms with Gasteiger partial charge in [-0.2, -0.15) is 0 Å². The number of aliphatic hydroxyl groups excluding tert-OH is 1. The summed E-state index contributed by atoms with van der Waals surface area (Å²) in [5.41, 5.74) is 0. The first-order valence-corrected chi connectivity index (χ1v) is 5.40. The van der Waals surface area contributed by atoms with Gasteiger partial charge in [0, 0.05) is 19.6 Å². The maximum absolute atomic E-state index is 8.65. The van der Waals surface area contributed by atoms with E-state index in [1.807, 2.05) is 19.0 Å². The fourth-order valence-electron chi connectivity index (χ4n) is 0.999. The molecule has 0 fully saturated rings. The van der Waals surface area contributed by atoms with Crippen LogP contribution in [0.25, 0.3) is 0 Å². The summed E-state index contributed by atoms with van der Waals surface area (Å²) in [6.45, 7) is 5.31. The molecule has 0 aromatic heterocycles. The van der Waals surface area contributed by atoms with Gasteiger partial charge < -0.3 is 24.8 Å². The fraction of sp³-hybridized carbons (Fsp3) is 1.00. The molecular weight excluding hydrogens is 196 g/mol. The summed E-state index contributed by atoms with van der Waals surface area (Å²) in [6, 6.07) is 0. The lowest BCUT2D eigenvalue weighted by atomic mass is 10.5. The van der Waals surface area contributed by atoms with E-state index in [9.17, 15) is 0 Å². The first-order valence-electron chi connectivity index (χ1n) is 5.40. The zero-order valence-electron chi connectivity index (χ0n) is 9.87. The largest absolute Gasteiger partial charge is 0.395 e. The maximum Gasteiger partial charge on any atom is 0.0701 e. The second-order valence-electron chi connectivity index (χ2n) is 3.36. The normalized spacial score (nSPS) is 11.2. The molecule has 5 nitrogen and oxygen atoms in total. The van der Waals surface area contributed by atoms with Crippen LogP contribution < -0.4 is 5.32 Å². The van der Waals surface area contributed by atoms with Crippen molar-refractivity contribution in [1.82, 2.24) is 10.2 Å². The van der Waals surface area contributed by atoms with E-state index in [1.54, 1.807) is 0 Å². The van der Waals surface area contributed by atoms with Gasteiger partial charge in [0.05, 0.1) is 33.0 Å². The number of nitrogens with one attached hydrogen (secondary N) is 1. The van der Waals surface area contributed by atoms with E-state index in [0.29, 0.717) is 26.4 Å². The summed E-state index contributed by atoms with van der Waals surface area (Å²) in [6.07, 6.45) is 0. The number of hydrogen-bond acceptors (Lipinski definition) is 5. The van der Waals surface area contributed by atoms with Crippen LogP contribution >= 0.6 is 0 Å². The molecular formula is C10H24N2O3. The van der Waals surface area contributed by atoms with Crippen LogP contribution in [0.2, 0.25) is 0 Å². The first-order chi connectivity index (χ1) is 7.31. The van der Waals surface area contributed by atoms with Crippen LogP contribution in [0.3, 0.4) is 0 Å². The van der Waals surface area contributed by atoms with E-state index in [0.717, 1.165) is 19.7 Å². The van der Waals surface area contributed by atoms with E-state index in [2.05, 4.69) is 5.32 Å². The van der Waals surface area contributed by atoms with Crippen molar-refractivity contribution < 1.29 is 14.6 Å². The van der Waals surface area contributed by atoms with Gasteiger partial charge in [0.15, 0.2) is 0 Å². The molecule has 0 aliphatic rings. The maximum atomic E-state index is 8.65. The lowest BCUT2D eigenvalue weighted by molar-refractivity contribution is 0.0409. The van der Waals surface area contributed by atoms with Gasteiger partial charge >= 0.3 is 0 Å². The van der Waals surface area contributed by atoms with Crippen molar-refractivity contribution in [2.24, 2.45) is 0 Å². The van der Waals surface area contributed by atoms with Crippen LogP contribution in [0.15, 0.2) is 0 Å². The third kappa shape index (κ3) is 11.7. The fourth-order valence-corrected chi connectivity index (χ4v) is 0.999. The van der Waals surface area contributed by atoms with E-state index < -0.39 is 0 Å². The molecule has 0 radical (unpaired) electrons. The van der Waals surface area contributed by atoms with Crippen molar-refractivity contribution in [3.8, 4) is 0 Å². The van der Waals surface area contributed by atoms with Crippen LogP contribution in [0.1, 0.15) is 0 Å². The van der Waals surface area contributed by atoms with Crippen LogP contribution in [0.5, 0.6) is 0 Å². The molecule has 0 rings (SSSR count). The van der Waals surface area contributed by atoms with Crippen LogP contribution in [-0.4, -0.2) is 76.8 Å². The van der Waals surface area contributed by atoms with Gasteiger partial charge in [0.1, 0.15) is 0 Å². The average molecular weight is 220 g/mol. The van der Waals surface area contributed by atoms with Gasteiger partial charge in [0.2, 0.25) is 0 Å². The van der Waals surface area contributed by atoms with Crippen molar-refractivity contribution in [2.45, 2.75) is 0 Å². The Morgan fingerprint density at radius 1 is 1.07 bits per heavy atom. The highest BCUT2D eigenvalue weighted by molar-refractivity contribution is 4.48. The summed E-state index contributed by atoms with van der Waals surface area (Å²) < 4.78 is 10.6. The van der Waals surface area contributed by atoms with E-state index in [1.165, 1.54) is 0 Å². The summed E-state index contributed by atoms with van der Waals surface area (Å²) in [4.78, 5) is 2.03. The van der Waals surface area contributed by atoms with Crippen molar-refractivity contribution in [3.63, 3.8) is 0 Å². The Morgan fingerprint density at radius 2 is 1.73 bits per heavy atom. The smallest absolute Gasteiger partial charge is 0.0701 e. The molecule has 0 atom stereocenters. The minimum absolute atomic E-state index is 0.198. The SMILES string of the molecule is CNCCOCCOCCN(C)CCO. The Kier molecular flexibility index (Phi) is 11.7.